The maximum atomic E-state index is 12.5. The van der Waals surface area contributed by atoms with Crippen LogP contribution in [0.4, 0.5) is 5.13 Å². The van der Waals surface area contributed by atoms with E-state index in [1.54, 1.807) is 24.5 Å². The molecule has 1 N–H and O–H groups in total. The number of benzene rings is 2. The van der Waals surface area contributed by atoms with Crippen LogP contribution in [0.2, 0.25) is 0 Å². The molecule has 1 aromatic heterocycles. The molecular weight excluding hydrogens is 364 g/mol. The number of rotatable bonds is 6. The van der Waals surface area contributed by atoms with Gasteiger partial charge in [0.05, 0.1) is 5.69 Å². The van der Waals surface area contributed by atoms with E-state index in [9.17, 15) is 9.00 Å². The van der Waals surface area contributed by atoms with Gasteiger partial charge in [0.25, 0.3) is 5.91 Å². The van der Waals surface area contributed by atoms with Crippen LogP contribution in [0.1, 0.15) is 28.4 Å². The van der Waals surface area contributed by atoms with Gasteiger partial charge in [-0.25, -0.2) is 4.98 Å². The number of nitrogens with one attached hydrogen (secondary N) is 1. The Hall–Kier alpha value is -2.31. The minimum absolute atomic E-state index is 0.212. The third-order valence-electron chi connectivity index (χ3n) is 3.94. The van der Waals surface area contributed by atoms with Crippen LogP contribution in [0.25, 0.3) is 11.3 Å². The average Bonchev–Trinajstić information content (AvgIpc) is 3.10. The number of nitrogens with zero attached hydrogens (tertiary/aromatic N) is 1. The molecule has 0 saturated heterocycles. The highest BCUT2D eigenvalue weighted by molar-refractivity contribution is 7.83. The largest absolute Gasteiger partial charge is 0.298 e. The summed E-state index contributed by atoms with van der Waals surface area (Å²) in [5, 5.41) is 5.35. The van der Waals surface area contributed by atoms with Gasteiger partial charge in [0.1, 0.15) is 0 Å². The molecule has 1 amide bonds. The summed E-state index contributed by atoms with van der Waals surface area (Å²) < 4.78 is 11.4. The Morgan fingerprint density at radius 2 is 1.92 bits per heavy atom. The summed E-state index contributed by atoms with van der Waals surface area (Å²) in [6.07, 6.45) is 2.65. The zero-order valence-corrected chi connectivity index (χ0v) is 16.3. The standard InChI is InChI=1S/C20H20N2O2S2/c1-3-14-7-9-16(10-8-14)18-12-25-20(21-18)22-19(23)17-6-4-5-15(11-17)13-26(2)24/h4-12H,3,13H2,1-2H3,(H,21,22,23). The van der Waals surface area contributed by atoms with Crippen LogP contribution < -0.4 is 5.32 Å². The fraction of sp³-hybridized carbons (Fsp3) is 0.200. The molecule has 0 spiro atoms. The number of thiazole rings is 1. The summed E-state index contributed by atoms with van der Waals surface area (Å²) in [6.45, 7) is 2.12. The van der Waals surface area contributed by atoms with Crippen molar-refractivity contribution in [2.75, 3.05) is 11.6 Å². The molecular formula is C20H20N2O2S2. The van der Waals surface area contributed by atoms with E-state index < -0.39 is 10.8 Å². The predicted octanol–water partition coefficient (Wildman–Crippen LogP) is 4.50. The normalized spacial score (nSPS) is 11.9. The fourth-order valence-electron chi connectivity index (χ4n) is 2.58. The maximum Gasteiger partial charge on any atom is 0.257 e. The smallest absolute Gasteiger partial charge is 0.257 e. The van der Waals surface area contributed by atoms with E-state index in [1.165, 1.54) is 16.9 Å². The summed E-state index contributed by atoms with van der Waals surface area (Å²) >= 11 is 1.40. The maximum absolute atomic E-state index is 12.5. The van der Waals surface area contributed by atoms with Gasteiger partial charge in [0, 0.05) is 39.3 Å². The topological polar surface area (TPSA) is 59.1 Å². The van der Waals surface area contributed by atoms with Crippen LogP contribution >= 0.6 is 11.3 Å². The highest BCUT2D eigenvalue weighted by atomic mass is 32.2. The fourth-order valence-corrected chi connectivity index (χ4v) is 3.94. The van der Waals surface area contributed by atoms with Crippen LogP contribution in [-0.2, 0) is 23.0 Å². The van der Waals surface area contributed by atoms with Crippen molar-refractivity contribution < 1.29 is 9.00 Å². The van der Waals surface area contributed by atoms with Crippen LogP contribution in [0, 0.1) is 0 Å². The molecule has 2 aromatic carbocycles. The van der Waals surface area contributed by atoms with E-state index in [0.29, 0.717) is 16.4 Å². The second-order valence-corrected chi connectivity index (χ2v) is 8.25. The second kappa shape index (κ2) is 8.38. The van der Waals surface area contributed by atoms with E-state index >= 15 is 0 Å². The molecule has 0 aliphatic rings. The molecule has 1 heterocycles. The van der Waals surface area contributed by atoms with Crippen molar-refractivity contribution in [1.29, 1.82) is 0 Å². The van der Waals surface area contributed by atoms with Gasteiger partial charge < -0.3 is 0 Å². The summed E-state index contributed by atoms with van der Waals surface area (Å²) in [6, 6.07) is 15.5. The number of aryl methyl sites for hydroxylation is 1. The Balaban J connectivity index is 1.72. The quantitative estimate of drug-likeness (QED) is 0.680. The van der Waals surface area contributed by atoms with Crippen molar-refractivity contribution in [1.82, 2.24) is 4.98 Å². The molecule has 0 aliphatic heterocycles. The molecule has 0 fully saturated rings. The summed E-state index contributed by atoms with van der Waals surface area (Å²) in [5.74, 6) is 0.229. The zero-order valence-electron chi connectivity index (χ0n) is 14.7. The molecule has 1 unspecified atom stereocenters. The van der Waals surface area contributed by atoms with Gasteiger partial charge >= 0.3 is 0 Å². The van der Waals surface area contributed by atoms with Gasteiger partial charge in [-0.3, -0.25) is 14.3 Å². The Bertz CT molecular complexity index is 933. The lowest BCUT2D eigenvalue weighted by Gasteiger charge is -2.04. The molecule has 4 nitrogen and oxygen atoms in total. The van der Waals surface area contributed by atoms with Crippen LogP contribution in [0.15, 0.2) is 53.9 Å². The summed E-state index contributed by atoms with van der Waals surface area (Å²) in [5.41, 5.74) is 4.59. The van der Waals surface area contributed by atoms with E-state index in [4.69, 9.17) is 0 Å². The summed E-state index contributed by atoms with van der Waals surface area (Å²) in [7, 11) is -0.938. The number of carbonyl (C=O) groups is 1. The van der Waals surface area contributed by atoms with Crippen molar-refractivity contribution in [3.05, 3.63) is 70.6 Å². The van der Waals surface area contributed by atoms with Gasteiger partial charge in [0.2, 0.25) is 0 Å². The van der Waals surface area contributed by atoms with E-state index in [0.717, 1.165) is 23.2 Å². The van der Waals surface area contributed by atoms with Gasteiger partial charge in [-0.2, -0.15) is 0 Å². The van der Waals surface area contributed by atoms with E-state index in [1.807, 2.05) is 23.6 Å². The first kappa shape index (κ1) is 18.5. The van der Waals surface area contributed by atoms with Gasteiger partial charge in [0.15, 0.2) is 5.13 Å². The first-order valence-electron chi connectivity index (χ1n) is 8.30. The van der Waals surface area contributed by atoms with Crippen molar-refractivity contribution in [3.8, 4) is 11.3 Å². The molecule has 3 rings (SSSR count). The molecule has 0 saturated carbocycles. The average molecular weight is 385 g/mol. The van der Waals surface area contributed by atoms with Crippen LogP contribution in [0.3, 0.4) is 0 Å². The Labute approximate surface area is 159 Å². The second-order valence-electron chi connectivity index (χ2n) is 5.96. The lowest BCUT2D eigenvalue weighted by molar-refractivity contribution is 0.102. The molecule has 3 aromatic rings. The van der Waals surface area contributed by atoms with Crippen LogP contribution in [-0.4, -0.2) is 21.4 Å². The number of carbonyl (C=O) groups excluding carboxylic acids is 1. The molecule has 0 radical (unpaired) electrons. The Morgan fingerprint density at radius 1 is 1.15 bits per heavy atom. The van der Waals surface area contributed by atoms with Crippen molar-refractivity contribution >= 4 is 33.2 Å². The SMILES string of the molecule is CCc1ccc(-c2csc(NC(=O)c3cccc(CS(C)=O)c3)n2)cc1. The molecule has 1 atom stereocenters. The number of anilines is 1. The van der Waals surface area contributed by atoms with Crippen molar-refractivity contribution in [2.24, 2.45) is 0 Å². The number of aromatic nitrogens is 1. The Kier molecular flexibility index (Phi) is 5.96. The minimum Gasteiger partial charge on any atom is -0.298 e. The highest BCUT2D eigenvalue weighted by Gasteiger charge is 2.11. The zero-order chi connectivity index (χ0) is 18.5. The molecule has 6 heteroatoms. The molecule has 26 heavy (non-hydrogen) atoms. The minimum atomic E-state index is -0.938. The van der Waals surface area contributed by atoms with Gasteiger partial charge in [-0.05, 0) is 29.7 Å². The monoisotopic (exact) mass is 384 g/mol. The Morgan fingerprint density at radius 3 is 2.62 bits per heavy atom. The van der Waals surface area contributed by atoms with Gasteiger partial charge in [-0.15, -0.1) is 11.3 Å². The molecule has 0 aliphatic carbocycles. The van der Waals surface area contributed by atoms with Crippen molar-refractivity contribution in [3.63, 3.8) is 0 Å². The molecule has 134 valence electrons. The first-order chi connectivity index (χ1) is 12.5. The predicted molar refractivity (Wildman–Crippen MR) is 109 cm³/mol. The lowest BCUT2D eigenvalue weighted by Crippen LogP contribution is -2.12. The number of amides is 1. The number of hydrogen-bond acceptors (Lipinski definition) is 4. The van der Waals surface area contributed by atoms with E-state index in [2.05, 4.69) is 29.4 Å². The summed E-state index contributed by atoms with van der Waals surface area (Å²) in [4.78, 5) is 17.0. The third kappa shape index (κ3) is 4.65. The van der Waals surface area contributed by atoms with E-state index in [-0.39, 0.29) is 5.91 Å². The lowest BCUT2D eigenvalue weighted by atomic mass is 10.1. The highest BCUT2D eigenvalue weighted by Crippen LogP contribution is 2.25. The van der Waals surface area contributed by atoms with Crippen LogP contribution in [0.5, 0.6) is 0 Å². The van der Waals surface area contributed by atoms with Gasteiger partial charge in [-0.1, -0.05) is 43.3 Å². The van der Waals surface area contributed by atoms with Crippen molar-refractivity contribution in [2.45, 2.75) is 19.1 Å². The first-order valence-corrected chi connectivity index (χ1v) is 10.9. The number of hydrogen-bond donors (Lipinski definition) is 1. The third-order valence-corrected chi connectivity index (χ3v) is 5.44. The molecule has 0 bridgehead atoms.